The largest absolute Gasteiger partial charge is 0.425 e. The van der Waals surface area contributed by atoms with Crippen LogP contribution in [0.4, 0.5) is 0 Å². The van der Waals surface area contributed by atoms with Gasteiger partial charge in [-0.2, -0.15) is 0 Å². The van der Waals surface area contributed by atoms with Gasteiger partial charge in [0.25, 0.3) is 6.29 Å². The van der Waals surface area contributed by atoms with Gasteiger partial charge in [0.05, 0.1) is 0 Å². The minimum absolute atomic E-state index is 0.00721. The number of carbonyl (C=O) groups is 2. The summed E-state index contributed by atoms with van der Waals surface area (Å²) in [7, 11) is 0. The number of rotatable bonds is 6. The van der Waals surface area contributed by atoms with Crippen LogP contribution in [0.1, 0.15) is 19.4 Å². The molecule has 22 heavy (non-hydrogen) atoms. The van der Waals surface area contributed by atoms with Crippen LogP contribution in [-0.2, 0) is 24.8 Å². The lowest BCUT2D eigenvalue weighted by atomic mass is 10.1. The minimum atomic E-state index is -2.57. The van der Waals surface area contributed by atoms with E-state index in [0.717, 1.165) is 0 Å². The third-order valence-corrected chi connectivity index (χ3v) is 2.69. The Morgan fingerprint density at radius 2 is 1.59 bits per heavy atom. The molecule has 1 aromatic rings. The molecular weight excluding hydrogens is 288 g/mol. The van der Waals surface area contributed by atoms with E-state index in [-0.39, 0.29) is 16.7 Å². The van der Waals surface area contributed by atoms with Crippen molar-refractivity contribution in [3.8, 4) is 0 Å². The molecule has 0 saturated heterocycles. The molecule has 1 aromatic carbocycles. The van der Waals surface area contributed by atoms with Gasteiger partial charge < -0.3 is 19.7 Å². The lowest BCUT2D eigenvalue weighted by molar-refractivity contribution is -0.308. The first-order valence-corrected chi connectivity index (χ1v) is 6.39. The van der Waals surface area contributed by atoms with Crippen molar-refractivity contribution in [2.75, 3.05) is 0 Å². The maximum absolute atomic E-state index is 11.7. The molecule has 0 bridgehead atoms. The fourth-order valence-corrected chi connectivity index (χ4v) is 1.44. The maximum atomic E-state index is 11.7. The summed E-state index contributed by atoms with van der Waals surface area (Å²) in [4.78, 5) is 23.2. The second-order valence-electron chi connectivity index (χ2n) is 4.77. The highest BCUT2D eigenvalue weighted by Gasteiger charge is 2.45. The summed E-state index contributed by atoms with van der Waals surface area (Å²) in [6, 6.07) is 7.59. The lowest BCUT2D eigenvalue weighted by Crippen LogP contribution is -2.46. The molecule has 0 fully saturated rings. The van der Waals surface area contributed by atoms with Crippen LogP contribution in [0, 0.1) is 0 Å². The first-order chi connectivity index (χ1) is 10.2. The first kappa shape index (κ1) is 17.6. The molecule has 0 radical (unpaired) electrons. The predicted octanol–water partition coefficient (Wildman–Crippen LogP) is 1.39. The van der Waals surface area contributed by atoms with Gasteiger partial charge in [0.15, 0.2) is 0 Å². The monoisotopic (exact) mass is 306 g/mol. The average Bonchev–Trinajstić information content (AvgIpc) is 2.47. The van der Waals surface area contributed by atoms with Crippen LogP contribution in [0.5, 0.6) is 0 Å². The van der Waals surface area contributed by atoms with Crippen molar-refractivity contribution in [1.82, 2.24) is 0 Å². The van der Waals surface area contributed by atoms with Crippen LogP contribution in [0.25, 0.3) is 0 Å². The van der Waals surface area contributed by atoms with E-state index in [1.165, 1.54) is 26.0 Å². The molecule has 2 N–H and O–H groups in total. The Kier molecular flexibility index (Phi) is 5.62. The maximum Gasteiger partial charge on any atom is 0.336 e. The third kappa shape index (κ3) is 4.03. The summed E-state index contributed by atoms with van der Waals surface area (Å²) < 4.78 is 9.56. The topological polar surface area (TPSA) is 93.1 Å². The molecule has 0 heterocycles. The highest BCUT2D eigenvalue weighted by atomic mass is 16.7. The van der Waals surface area contributed by atoms with Crippen LogP contribution in [-0.4, -0.2) is 28.4 Å². The van der Waals surface area contributed by atoms with E-state index in [1.807, 2.05) is 0 Å². The normalized spacial score (nSPS) is 14.4. The van der Waals surface area contributed by atoms with Crippen LogP contribution in [0.2, 0.25) is 0 Å². The van der Waals surface area contributed by atoms with Crippen molar-refractivity contribution in [2.24, 2.45) is 0 Å². The zero-order chi connectivity index (χ0) is 16.9. The van der Waals surface area contributed by atoms with E-state index in [1.54, 1.807) is 18.2 Å². The molecule has 0 aliphatic carbocycles. The van der Waals surface area contributed by atoms with Crippen molar-refractivity contribution in [3.63, 3.8) is 0 Å². The number of hydrogen-bond donors (Lipinski definition) is 2. The highest BCUT2D eigenvalue weighted by molar-refractivity contribution is 5.88. The number of aliphatic hydroxyl groups excluding tert-OH is 1. The summed E-state index contributed by atoms with van der Waals surface area (Å²) in [5, 5.41) is 20.6. The fourth-order valence-electron chi connectivity index (χ4n) is 1.44. The van der Waals surface area contributed by atoms with Crippen molar-refractivity contribution in [1.29, 1.82) is 0 Å². The molecule has 0 aliphatic heterocycles. The number of benzene rings is 1. The molecular formula is C16H18O6. The zero-order valence-electron chi connectivity index (χ0n) is 12.4. The molecule has 2 unspecified atom stereocenters. The Bertz CT molecular complexity index is 592. The quantitative estimate of drug-likeness (QED) is 0.469. The number of aliphatic hydroxyl groups is 2. The highest BCUT2D eigenvalue weighted by Crippen LogP contribution is 2.29. The minimum Gasteiger partial charge on any atom is -0.425 e. The summed E-state index contributed by atoms with van der Waals surface area (Å²) in [5.74, 6) is -4.45. The third-order valence-electron chi connectivity index (χ3n) is 2.69. The molecule has 0 aliphatic rings. The Balaban J connectivity index is 3.16. The van der Waals surface area contributed by atoms with Crippen LogP contribution in [0.15, 0.2) is 54.6 Å². The van der Waals surface area contributed by atoms with Gasteiger partial charge in [0.2, 0.25) is 0 Å². The molecule has 0 saturated carbocycles. The van der Waals surface area contributed by atoms with Gasteiger partial charge in [-0.1, -0.05) is 43.5 Å². The van der Waals surface area contributed by atoms with E-state index >= 15 is 0 Å². The lowest BCUT2D eigenvalue weighted by Gasteiger charge is -2.31. The SMILES string of the molecule is C=C(C)C(=O)OC(O)C(O)(OC(=O)C(=C)C)c1ccccc1. The Morgan fingerprint density at radius 1 is 1.09 bits per heavy atom. The standard InChI is InChI=1S/C16H18O6/c1-10(2)13(17)21-15(19)16(20,22-14(18)11(3)4)12-8-6-5-7-9-12/h5-9,15,19-20H,1,3H2,2,4H3. The second-order valence-corrected chi connectivity index (χ2v) is 4.77. The van der Waals surface area contributed by atoms with Gasteiger partial charge >= 0.3 is 17.7 Å². The Hall–Kier alpha value is -2.44. The molecule has 6 heteroatoms. The predicted molar refractivity (Wildman–Crippen MR) is 78.2 cm³/mol. The molecule has 0 aromatic heterocycles. The summed E-state index contributed by atoms with van der Waals surface area (Å²) >= 11 is 0. The van der Waals surface area contributed by atoms with Gasteiger partial charge in [-0.25, -0.2) is 9.59 Å². The molecule has 2 atom stereocenters. The van der Waals surface area contributed by atoms with E-state index in [4.69, 9.17) is 4.74 Å². The average molecular weight is 306 g/mol. The Labute approximate surface area is 128 Å². The van der Waals surface area contributed by atoms with Gasteiger partial charge in [0, 0.05) is 16.7 Å². The van der Waals surface area contributed by atoms with Crippen LogP contribution < -0.4 is 0 Å². The molecule has 0 spiro atoms. The van der Waals surface area contributed by atoms with E-state index in [9.17, 15) is 19.8 Å². The second kappa shape index (κ2) is 7.02. The smallest absolute Gasteiger partial charge is 0.336 e. The van der Waals surface area contributed by atoms with Crippen molar-refractivity contribution in [2.45, 2.75) is 25.9 Å². The fraction of sp³-hybridized carbons (Fsp3) is 0.250. The summed E-state index contributed by atoms with van der Waals surface area (Å²) in [6.45, 7) is 9.50. The molecule has 118 valence electrons. The van der Waals surface area contributed by atoms with Gasteiger partial charge in [-0.05, 0) is 13.8 Å². The van der Waals surface area contributed by atoms with Crippen LogP contribution >= 0.6 is 0 Å². The van der Waals surface area contributed by atoms with Crippen molar-refractivity contribution in [3.05, 3.63) is 60.2 Å². The van der Waals surface area contributed by atoms with E-state index in [0.29, 0.717) is 0 Å². The molecule has 1 rings (SSSR count). The van der Waals surface area contributed by atoms with Gasteiger partial charge in [-0.15, -0.1) is 0 Å². The van der Waals surface area contributed by atoms with Crippen LogP contribution in [0.3, 0.4) is 0 Å². The Morgan fingerprint density at radius 3 is 2.05 bits per heavy atom. The number of carbonyl (C=O) groups excluding carboxylic acids is 2. The van der Waals surface area contributed by atoms with E-state index < -0.39 is 24.0 Å². The van der Waals surface area contributed by atoms with Crippen molar-refractivity contribution >= 4 is 11.9 Å². The molecule has 6 nitrogen and oxygen atoms in total. The summed E-state index contributed by atoms with van der Waals surface area (Å²) in [5.41, 5.74) is 0.0556. The number of esters is 2. The zero-order valence-corrected chi connectivity index (χ0v) is 12.4. The number of hydrogen-bond acceptors (Lipinski definition) is 6. The number of ether oxygens (including phenoxy) is 2. The summed E-state index contributed by atoms with van der Waals surface area (Å²) in [6.07, 6.45) is -2.14. The van der Waals surface area contributed by atoms with E-state index in [2.05, 4.69) is 17.9 Å². The first-order valence-electron chi connectivity index (χ1n) is 6.39. The van der Waals surface area contributed by atoms with Crippen molar-refractivity contribution < 1.29 is 29.3 Å². The van der Waals surface area contributed by atoms with Gasteiger partial charge in [0.1, 0.15) is 0 Å². The van der Waals surface area contributed by atoms with Gasteiger partial charge in [-0.3, -0.25) is 0 Å². The molecule has 0 amide bonds.